The number of nitrogens with zero attached hydrogens (tertiary/aromatic N) is 1. The summed E-state index contributed by atoms with van der Waals surface area (Å²) < 4.78 is 18.4. The molecule has 4 nitrogen and oxygen atoms in total. The summed E-state index contributed by atoms with van der Waals surface area (Å²) >= 11 is 0. The molecule has 0 radical (unpaired) electrons. The second kappa shape index (κ2) is 5.80. The van der Waals surface area contributed by atoms with Gasteiger partial charge in [-0.05, 0) is 19.8 Å². The molecule has 1 aliphatic heterocycles. The third-order valence-corrected chi connectivity index (χ3v) is 4.00. The molecule has 0 bridgehead atoms. The van der Waals surface area contributed by atoms with Gasteiger partial charge in [-0.1, -0.05) is 25.0 Å². The molecule has 0 aromatic rings. The minimum atomic E-state index is -3.58. The molecule has 1 fully saturated rings. The van der Waals surface area contributed by atoms with Gasteiger partial charge < -0.3 is 4.89 Å². The van der Waals surface area contributed by atoms with Crippen LogP contribution in [0.5, 0.6) is 0 Å². The predicted octanol–water partition coefficient (Wildman–Crippen LogP) is 2.56. The fraction of sp³-hybridized carbons (Fsp3) is 0.800. The molecule has 0 aromatic heterocycles. The SMILES string of the molecule is C=C(C)COP(=O)(O)N1CCCCCC1. The van der Waals surface area contributed by atoms with E-state index in [0.29, 0.717) is 13.1 Å². The lowest BCUT2D eigenvalue weighted by atomic mass is 10.2. The molecule has 1 N–H and O–H groups in total. The third-order valence-electron chi connectivity index (χ3n) is 2.42. The monoisotopic (exact) mass is 233 g/mol. The highest BCUT2D eigenvalue weighted by molar-refractivity contribution is 7.50. The molecule has 88 valence electrons. The van der Waals surface area contributed by atoms with Gasteiger partial charge in [0.2, 0.25) is 0 Å². The predicted molar refractivity (Wildman–Crippen MR) is 60.6 cm³/mol. The molecule has 0 spiro atoms. The van der Waals surface area contributed by atoms with Crippen LogP contribution in [0.25, 0.3) is 0 Å². The van der Waals surface area contributed by atoms with Gasteiger partial charge in [-0.25, -0.2) is 9.24 Å². The van der Waals surface area contributed by atoms with Crippen molar-refractivity contribution in [3.05, 3.63) is 12.2 Å². The van der Waals surface area contributed by atoms with E-state index in [0.717, 1.165) is 31.3 Å². The molecule has 1 aliphatic rings. The highest BCUT2D eigenvalue weighted by Crippen LogP contribution is 2.47. The number of rotatable bonds is 4. The van der Waals surface area contributed by atoms with E-state index in [-0.39, 0.29) is 6.61 Å². The van der Waals surface area contributed by atoms with Crippen LogP contribution in [0.1, 0.15) is 32.6 Å². The second-order valence-electron chi connectivity index (χ2n) is 4.09. The molecule has 0 amide bonds. The van der Waals surface area contributed by atoms with Gasteiger partial charge in [-0.15, -0.1) is 0 Å². The summed E-state index contributed by atoms with van der Waals surface area (Å²) in [5.74, 6) is 0. The minimum Gasteiger partial charge on any atom is -0.312 e. The van der Waals surface area contributed by atoms with Crippen molar-refractivity contribution in [1.29, 1.82) is 0 Å². The van der Waals surface area contributed by atoms with Crippen LogP contribution in [-0.2, 0) is 9.09 Å². The molecule has 1 rings (SSSR count). The van der Waals surface area contributed by atoms with Crippen LogP contribution < -0.4 is 0 Å². The summed E-state index contributed by atoms with van der Waals surface area (Å²) in [6.45, 7) is 6.90. The molecule has 15 heavy (non-hydrogen) atoms. The minimum absolute atomic E-state index is 0.157. The van der Waals surface area contributed by atoms with Gasteiger partial charge in [0, 0.05) is 13.1 Å². The van der Waals surface area contributed by atoms with Crippen LogP contribution in [0.15, 0.2) is 12.2 Å². The molecule has 1 atom stereocenters. The maximum absolute atomic E-state index is 11.8. The Morgan fingerprint density at radius 3 is 2.40 bits per heavy atom. The van der Waals surface area contributed by atoms with Crippen LogP contribution in [0.2, 0.25) is 0 Å². The Balaban J connectivity index is 2.50. The van der Waals surface area contributed by atoms with Gasteiger partial charge in [0.1, 0.15) is 0 Å². The molecule has 0 saturated carbocycles. The summed E-state index contributed by atoms with van der Waals surface area (Å²) in [5.41, 5.74) is 0.763. The van der Waals surface area contributed by atoms with Gasteiger partial charge >= 0.3 is 7.75 Å². The van der Waals surface area contributed by atoms with Gasteiger partial charge in [0.25, 0.3) is 0 Å². The topological polar surface area (TPSA) is 49.8 Å². The fourth-order valence-corrected chi connectivity index (χ4v) is 2.92. The molecular weight excluding hydrogens is 213 g/mol. The van der Waals surface area contributed by atoms with E-state index in [1.54, 1.807) is 11.6 Å². The van der Waals surface area contributed by atoms with E-state index in [1.807, 2.05) is 0 Å². The zero-order chi connectivity index (χ0) is 11.3. The van der Waals surface area contributed by atoms with Crippen LogP contribution >= 0.6 is 7.75 Å². The Morgan fingerprint density at radius 1 is 1.40 bits per heavy atom. The molecule has 5 heteroatoms. The van der Waals surface area contributed by atoms with Crippen molar-refractivity contribution in [3.8, 4) is 0 Å². The normalized spacial score (nSPS) is 23.1. The van der Waals surface area contributed by atoms with Crippen molar-refractivity contribution >= 4 is 7.75 Å². The smallest absolute Gasteiger partial charge is 0.312 e. The van der Waals surface area contributed by atoms with Crippen molar-refractivity contribution < 1.29 is 14.0 Å². The first kappa shape index (κ1) is 12.9. The highest BCUT2D eigenvalue weighted by Gasteiger charge is 2.29. The second-order valence-corrected chi connectivity index (χ2v) is 5.89. The molecule has 0 aliphatic carbocycles. The summed E-state index contributed by atoms with van der Waals surface area (Å²) in [6.07, 6.45) is 4.22. The van der Waals surface area contributed by atoms with E-state index >= 15 is 0 Å². The Kier molecular flexibility index (Phi) is 5.00. The Hall–Kier alpha value is -0.150. The molecule has 1 saturated heterocycles. The van der Waals surface area contributed by atoms with Gasteiger partial charge in [-0.3, -0.25) is 4.52 Å². The maximum Gasteiger partial charge on any atom is 0.405 e. The van der Waals surface area contributed by atoms with Crippen molar-refractivity contribution in [1.82, 2.24) is 4.67 Å². The first-order valence-electron chi connectivity index (χ1n) is 5.39. The summed E-state index contributed by atoms with van der Waals surface area (Å²) in [7, 11) is -3.58. The standard InChI is InChI=1S/C10H20NO3P/c1-10(2)9-14-15(12,13)11-7-5-3-4-6-8-11/h1,3-9H2,2H3,(H,12,13). The lowest BCUT2D eigenvalue weighted by Crippen LogP contribution is -2.22. The lowest BCUT2D eigenvalue weighted by molar-refractivity contribution is 0.216. The Bertz CT molecular complexity index is 259. The van der Waals surface area contributed by atoms with Crippen molar-refractivity contribution in [3.63, 3.8) is 0 Å². The molecule has 0 aromatic carbocycles. The summed E-state index contributed by atoms with van der Waals surface area (Å²) in [5, 5.41) is 0. The average molecular weight is 233 g/mol. The molecule has 1 heterocycles. The highest BCUT2D eigenvalue weighted by atomic mass is 31.2. The van der Waals surface area contributed by atoms with Crippen molar-refractivity contribution in [2.75, 3.05) is 19.7 Å². The van der Waals surface area contributed by atoms with Gasteiger partial charge in [0.15, 0.2) is 0 Å². The van der Waals surface area contributed by atoms with E-state index in [4.69, 9.17) is 4.52 Å². The van der Waals surface area contributed by atoms with E-state index in [9.17, 15) is 9.46 Å². The van der Waals surface area contributed by atoms with E-state index < -0.39 is 7.75 Å². The number of hydrogen-bond donors (Lipinski definition) is 1. The quantitative estimate of drug-likeness (QED) is 0.599. The van der Waals surface area contributed by atoms with Crippen molar-refractivity contribution in [2.24, 2.45) is 0 Å². The lowest BCUT2D eigenvalue weighted by Gasteiger charge is -2.24. The Morgan fingerprint density at radius 2 is 1.93 bits per heavy atom. The van der Waals surface area contributed by atoms with Crippen LogP contribution in [0.3, 0.4) is 0 Å². The fourth-order valence-electron chi connectivity index (χ4n) is 1.58. The van der Waals surface area contributed by atoms with Gasteiger partial charge in [-0.2, -0.15) is 0 Å². The van der Waals surface area contributed by atoms with E-state index in [2.05, 4.69) is 6.58 Å². The number of hydrogen-bond acceptors (Lipinski definition) is 2. The molecule has 1 unspecified atom stereocenters. The van der Waals surface area contributed by atoms with Gasteiger partial charge in [0.05, 0.1) is 6.61 Å². The first-order valence-corrected chi connectivity index (χ1v) is 6.92. The van der Waals surface area contributed by atoms with Crippen LogP contribution in [0, 0.1) is 0 Å². The van der Waals surface area contributed by atoms with Crippen LogP contribution in [-0.4, -0.2) is 29.3 Å². The Labute approximate surface area is 91.5 Å². The van der Waals surface area contributed by atoms with Crippen LogP contribution in [0.4, 0.5) is 0 Å². The zero-order valence-electron chi connectivity index (χ0n) is 9.31. The first-order chi connectivity index (χ1) is 7.02. The zero-order valence-corrected chi connectivity index (χ0v) is 10.2. The third kappa shape index (κ3) is 4.47. The summed E-state index contributed by atoms with van der Waals surface area (Å²) in [6, 6.07) is 0. The maximum atomic E-state index is 11.8. The average Bonchev–Trinajstić information content (AvgIpc) is 2.43. The van der Waals surface area contributed by atoms with Crippen molar-refractivity contribution in [2.45, 2.75) is 32.6 Å². The van der Waals surface area contributed by atoms with E-state index in [1.165, 1.54) is 0 Å². The summed E-state index contributed by atoms with van der Waals surface area (Å²) in [4.78, 5) is 9.73. The largest absolute Gasteiger partial charge is 0.405 e. The molecular formula is C10H20NO3P.